The minimum Gasteiger partial charge on any atom is -0.307 e. The van der Waals surface area contributed by atoms with Gasteiger partial charge >= 0.3 is 0 Å². The number of aryl methyl sites for hydroxylation is 3. The molecule has 2 heterocycles. The lowest BCUT2D eigenvalue weighted by Crippen LogP contribution is -2.20. The Kier molecular flexibility index (Phi) is 3.65. The van der Waals surface area contributed by atoms with Gasteiger partial charge in [0.05, 0.1) is 23.0 Å². The van der Waals surface area contributed by atoms with E-state index in [1.54, 1.807) is 11.1 Å². The molecule has 0 aliphatic heterocycles. The molecular weight excluding hydrogens is 278 g/mol. The number of nitrogens with one attached hydrogen (secondary N) is 1. The van der Waals surface area contributed by atoms with E-state index in [1.807, 2.05) is 30.1 Å². The van der Waals surface area contributed by atoms with Gasteiger partial charge in [-0.3, -0.25) is 4.68 Å². The minimum atomic E-state index is 0.135. The van der Waals surface area contributed by atoms with Crippen LogP contribution in [0.25, 0.3) is 0 Å². The average molecular weight is 296 g/mol. The molecule has 1 aliphatic carbocycles. The SMILES string of the molecule is CNC(c1cc2c(s1)CCCC2)c1c(Cl)cnn1C. The molecule has 2 aromatic rings. The van der Waals surface area contributed by atoms with Crippen molar-refractivity contribution in [3.05, 3.63) is 38.3 Å². The largest absolute Gasteiger partial charge is 0.307 e. The molecule has 2 aromatic heterocycles. The second kappa shape index (κ2) is 5.27. The van der Waals surface area contributed by atoms with Gasteiger partial charge in [0, 0.05) is 16.8 Å². The first-order valence-corrected chi connectivity index (χ1v) is 7.86. The summed E-state index contributed by atoms with van der Waals surface area (Å²) in [4.78, 5) is 2.90. The van der Waals surface area contributed by atoms with Crippen molar-refractivity contribution in [2.75, 3.05) is 7.05 Å². The molecule has 3 rings (SSSR count). The molecule has 1 N–H and O–H groups in total. The van der Waals surface area contributed by atoms with E-state index in [0.29, 0.717) is 0 Å². The zero-order valence-electron chi connectivity index (χ0n) is 11.2. The lowest BCUT2D eigenvalue weighted by molar-refractivity contribution is 0.612. The third-order valence-corrected chi connectivity index (χ3v) is 5.39. The molecule has 19 heavy (non-hydrogen) atoms. The summed E-state index contributed by atoms with van der Waals surface area (Å²) in [6.07, 6.45) is 6.81. The van der Waals surface area contributed by atoms with Crippen molar-refractivity contribution in [2.24, 2.45) is 7.05 Å². The molecule has 0 amide bonds. The third kappa shape index (κ3) is 2.33. The lowest BCUT2D eigenvalue weighted by atomic mass is 9.98. The molecule has 1 atom stereocenters. The van der Waals surface area contributed by atoms with Gasteiger partial charge in [-0.15, -0.1) is 11.3 Å². The Morgan fingerprint density at radius 2 is 2.21 bits per heavy atom. The van der Waals surface area contributed by atoms with E-state index in [2.05, 4.69) is 16.5 Å². The summed E-state index contributed by atoms with van der Waals surface area (Å²) in [5.74, 6) is 0. The highest BCUT2D eigenvalue weighted by Crippen LogP contribution is 2.36. The van der Waals surface area contributed by atoms with Crippen molar-refractivity contribution in [3.63, 3.8) is 0 Å². The van der Waals surface area contributed by atoms with Gasteiger partial charge in [-0.05, 0) is 44.4 Å². The number of aromatic nitrogens is 2. The number of rotatable bonds is 3. The standard InChI is InChI=1S/C14H18ClN3S/c1-16-13(14-10(15)8-17-18(14)2)12-7-9-5-3-4-6-11(9)19-12/h7-8,13,16H,3-6H2,1-2H3. The average Bonchev–Trinajstić information content (AvgIpc) is 2.97. The third-order valence-electron chi connectivity index (χ3n) is 3.80. The fourth-order valence-electron chi connectivity index (χ4n) is 2.81. The van der Waals surface area contributed by atoms with E-state index < -0.39 is 0 Å². The molecule has 0 saturated heterocycles. The van der Waals surface area contributed by atoms with Gasteiger partial charge < -0.3 is 5.32 Å². The molecule has 5 heteroatoms. The number of hydrogen-bond acceptors (Lipinski definition) is 3. The highest BCUT2D eigenvalue weighted by Gasteiger charge is 2.23. The van der Waals surface area contributed by atoms with E-state index in [-0.39, 0.29) is 6.04 Å². The Morgan fingerprint density at radius 3 is 2.84 bits per heavy atom. The van der Waals surface area contributed by atoms with Crippen LogP contribution < -0.4 is 5.32 Å². The molecule has 102 valence electrons. The first-order chi connectivity index (χ1) is 9.20. The van der Waals surface area contributed by atoms with E-state index in [0.717, 1.165) is 10.7 Å². The van der Waals surface area contributed by atoms with Crippen molar-refractivity contribution in [2.45, 2.75) is 31.7 Å². The Labute approximate surface area is 122 Å². The Morgan fingerprint density at radius 1 is 1.42 bits per heavy atom. The molecule has 0 bridgehead atoms. The number of halogens is 1. The molecule has 0 spiro atoms. The van der Waals surface area contributed by atoms with Crippen LogP contribution >= 0.6 is 22.9 Å². The summed E-state index contributed by atoms with van der Waals surface area (Å²) in [5, 5.41) is 8.35. The summed E-state index contributed by atoms with van der Waals surface area (Å²) in [7, 11) is 3.92. The first-order valence-electron chi connectivity index (χ1n) is 6.67. The molecular formula is C14H18ClN3S. The summed E-state index contributed by atoms with van der Waals surface area (Å²) >= 11 is 8.20. The predicted molar refractivity (Wildman–Crippen MR) is 80.1 cm³/mol. The van der Waals surface area contributed by atoms with Gasteiger partial charge in [-0.1, -0.05) is 11.6 Å². The number of nitrogens with zero attached hydrogens (tertiary/aromatic N) is 2. The molecule has 0 radical (unpaired) electrons. The molecule has 0 fully saturated rings. The van der Waals surface area contributed by atoms with Crippen LogP contribution in [0.15, 0.2) is 12.3 Å². The van der Waals surface area contributed by atoms with E-state index in [4.69, 9.17) is 11.6 Å². The highest BCUT2D eigenvalue weighted by molar-refractivity contribution is 7.12. The smallest absolute Gasteiger partial charge is 0.0854 e. The normalized spacial score (nSPS) is 16.4. The fraction of sp³-hybridized carbons (Fsp3) is 0.500. The monoisotopic (exact) mass is 295 g/mol. The maximum Gasteiger partial charge on any atom is 0.0854 e. The Bertz CT molecular complexity index is 545. The Hall–Kier alpha value is -0.840. The van der Waals surface area contributed by atoms with Crippen LogP contribution in [-0.2, 0) is 19.9 Å². The van der Waals surface area contributed by atoms with Crippen molar-refractivity contribution in [1.82, 2.24) is 15.1 Å². The van der Waals surface area contributed by atoms with Crippen LogP contribution in [0, 0.1) is 0 Å². The van der Waals surface area contributed by atoms with Crippen LogP contribution in [0.1, 0.15) is 39.9 Å². The van der Waals surface area contributed by atoms with Crippen molar-refractivity contribution < 1.29 is 0 Å². The van der Waals surface area contributed by atoms with Gasteiger partial charge in [0.15, 0.2) is 0 Å². The second-order valence-corrected chi connectivity index (χ2v) is 6.60. The highest BCUT2D eigenvalue weighted by atomic mass is 35.5. The van der Waals surface area contributed by atoms with Crippen LogP contribution in [0.3, 0.4) is 0 Å². The molecule has 0 aromatic carbocycles. The summed E-state index contributed by atoms with van der Waals surface area (Å²) < 4.78 is 1.86. The molecule has 1 aliphatic rings. The quantitative estimate of drug-likeness (QED) is 0.941. The molecule has 0 saturated carbocycles. The van der Waals surface area contributed by atoms with Gasteiger partial charge in [0.2, 0.25) is 0 Å². The van der Waals surface area contributed by atoms with E-state index in [9.17, 15) is 0 Å². The van der Waals surface area contributed by atoms with Crippen LogP contribution in [0.4, 0.5) is 0 Å². The minimum absolute atomic E-state index is 0.135. The van der Waals surface area contributed by atoms with Crippen molar-refractivity contribution in [1.29, 1.82) is 0 Å². The fourth-order valence-corrected chi connectivity index (χ4v) is 4.46. The van der Waals surface area contributed by atoms with Crippen molar-refractivity contribution in [3.8, 4) is 0 Å². The van der Waals surface area contributed by atoms with Gasteiger partial charge in [0.25, 0.3) is 0 Å². The molecule has 3 nitrogen and oxygen atoms in total. The number of hydrogen-bond donors (Lipinski definition) is 1. The van der Waals surface area contributed by atoms with Gasteiger partial charge in [-0.2, -0.15) is 5.10 Å². The van der Waals surface area contributed by atoms with E-state index >= 15 is 0 Å². The van der Waals surface area contributed by atoms with Gasteiger partial charge in [-0.25, -0.2) is 0 Å². The first kappa shape index (κ1) is 13.2. The maximum atomic E-state index is 6.28. The zero-order valence-corrected chi connectivity index (χ0v) is 12.8. The zero-order chi connectivity index (χ0) is 13.4. The maximum absolute atomic E-state index is 6.28. The van der Waals surface area contributed by atoms with Crippen molar-refractivity contribution >= 4 is 22.9 Å². The summed E-state index contributed by atoms with van der Waals surface area (Å²) in [5.41, 5.74) is 2.58. The molecule has 1 unspecified atom stereocenters. The van der Waals surface area contributed by atoms with Gasteiger partial charge in [0.1, 0.15) is 0 Å². The van der Waals surface area contributed by atoms with Crippen LogP contribution in [0.5, 0.6) is 0 Å². The summed E-state index contributed by atoms with van der Waals surface area (Å²) in [6.45, 7) is 0. The second-order valence-electron chi connectivity index (χ2n) is 5.03. The topological polar surface area (TPSA) is 29.9 Å². The summed E-state index contributed by atoms with van der Waals surface area (Å²) in [6, 6.07) is 2.49. The van der Waals surface area contributed by atoms with E-state index in [1.165, 1.54) is 36.1 Å². The van der Waals surface area contributed by atoms with Crippen LogP contribution in [0.2, 0.25) is 5.02 Å². The Balaban J connectivity index is 2.01. The lowest BCUT2D eigenvalue weighted by Gasteiger charge is -2.15. The number of fused-ring (bicyclic) bond motifs is 1. The number of thiophene rings is 1. The van der Waals surface area contributed by atoms with Crippen LogP contribution in [-0.4, -0.2) is 16.8 Å². The predicted octanol–water partition coefficient (Wildman–Crippen LogP) is 3.32.